The van der Waals surface area contributed by atoms with E-state index in [2.05, 4.69) is 52.1 Å². The molecule has 2 N–H and O–H groups in total. The molecule has 2 heterocycles. The minimum atomic E-state index is -0.402. The number of rotatable bonds is 7. The quantitative estimate of drug-likeness (QED) is 0.577. The summed E-state index contributed by atoms with van der Waals surface area (Å²) in [6.07, 6.45) is 1.73. The van der Waals surface area contributed by atoms with Crippen LogP contribution in [0.4, 0.5) is 5.69 Å². The summed E-state index contributed by atoms with van der Waals surface area (Å²) < 4.78 is 7.39. The summed E-state index contributed by atoms with van der Waals surface area (Å²) in [7, 11) is 0. The van der Waals surface area contributed by atoms with E-state index in [0.29, 0.717) is 11.8 Å². The number of carbonyl (C=O) groups excluding carboxylic acids is 1. The number of thioether (sulfide) groups is 1. The minimum Gasteiger partial charge on any atom is -0.494 e. The highest BCUT2D eigenvalue weighted by atomic mass is 32.2. The van der Waals surface area contributed by atoms with Crippen molar-refractivity contribution < 1.29 is 9.53 Å². The lowest BCUT2D eigenvalue weighted by molar-refractivity contribution is -0.116. The SMILES string of the molecule is CCOc1ccc(NC(=O)[C@H]2Sc3nnc(CC)n3N[C@@H]2c2ccc(CC)cc2)cc1. The molecule has 1 amide bonds. The van der Waals surface area contributed by atoms with Crippen molar-refractivity contribution in [3.8, 4) is 5.75 Å². The van der Waals surface area contributed by atoms with Crippen molar-refractivity contribution in [2.24, 2.45) is 0 Å². The largest absolute Gasteiger partial charge is 0.494 e. The van der Waals surface area contributed by atoms with Gasteiger partial charge in [-0.1, -0.05) is 49.9 Å². The number of nitrogens with one attached hydrogen (secondary N) is 2. The first-order chi connectivity index (χ1) is 15.1. The monoisotopic (exact) mass is 437 g/mol. The second-order valence-corrected chi connectivity index (χ2v) is 8.38. The number of hydrogen-bond acceptors (Lipinski definition) is 6. The Morgan fingerprint density at radius 3 is 2.45 bits per heavy atom. The molecule has 0 aliphatic carbocycles. The molecule has 2 aromatic carbocycles. The second kappa shape index (κ2) is 9.43. The predicted molar refractivity (Wildman–Crippen MR) is 123 cm³/mol. The molecule has 0 spiro atoms. The molecule has 7 nitrogen and oxygen atoms in total. The molecule has 8 heteroatoms. The van der Waals surface area contributed by atoms with Crippen LogP contribution in [-0.2, 0) is 17.6 Å². The molecule has 162 valence electrons. The zero-order valence-corrected chi connectivity index (χ0v) is 18.8. The molecule has 0 bridgehead atoms. The van der Waals surface area contributed by atoms with Crippen molar-refractivity contribution in [3.05, 3.63) is 65.5 Å². The Bertz CT molecular complexity index is 1030. The number of aryl methyl sites for hydroxylation is 2. The first kappa shape index (κ1) is 21.2. The molecule has 1 aliphatic rings. The third kappa shape index (κ3) is 4.54. The fraction of sp³-hybridized carbons (Fsp3) is 0.348. The van der Waals surface area contributed by atoms with Crippen LogP contribution in [0.15, 0.2) is 53.7 Å². The van der Waals surface area contributed by atoms with Crippen molar-refractivity contribution in [2.45, 2.75) is 50.1 Å². The topological polar surface area (TPSA) is 81.1 Å². The first-order valence-corrected chi connectivity index (χ1v) is 11.5. The van der Waals surface area contributed by atoms with E-state index < -0.39 is 5.25 Å². The van der Waals surface area contributed by atoms with Crippen LogP contribution in [0.3, 0.4) is 0 Å². The van der Waals surface area contributed by atoms with Crippen molar-refractivity contribution in [3.63, 3.8) is 0 Å². The number of carbonyl (C=O) groups is 1. The summed E-state index contributed by atoms with van der Waals surface area (Å²) in [6.45, 7) is 6.72. The van der Waals surface area contributed by atoms with Gasteiger partial charge < -0.3 is 15.5 Å². The molecular weight excluding hydrogens is 410 g/mol. The van der Waals surface area contributed by atoms with E-state index >= 15 is 0 Å². The Morgan fingerprint density at radius 2 is 1.81 bits per heavy atom. The first-order valence-electron chi connectivity index (χ1n) is 10.6. The molecule has 31 heavy (non-hydrogen) atoms. The predicted octanol–water partition coefficient (Wildman–Crippen LogP) is 4.20. The summed E-state index contributed by atoms with van der Waals surface area (Å²) in [6, 6.07) is 15.6. The van der Waals surface area contributed by atoms with E-state index in [9.17, 15) is 4.79 Å². The average molecular weight is 438 g/mol. The van der Waals surface area contributed by atoms with Crippen molar-refractivity contribution >= 4 is 23.4 Å². The smallest absolute Gasteiger partial charge is 0.240 e. The number of fused-ring (bicyclic) bond motifs is 1. The van der Waals surface area contributed by atoms with Crippen molar-refractivity contribution in [2.75, 3.05) is 17.3 Å². The molecule has 2 atom stereocenters. The van der Waals surface area contributed by atoms with Gasteiger partial charge in [0.15, 0.2) is 5.82 Å². The summed E-state index contributed by atoms with van der Waals surface area (Å²) in [5, 5.41) is 11.9. The molecule has 0 unspecified atom stereocenters. The standard InChI is InChI=1S/C23H27N5O2S/c1-4-15-7-9-16(10-8-15)20-21(31-23-26-25-19(5-2)28(23)27-20)22(29)24-17-11-13-18(14-12-17)30-6-3/h7-14,20-21,27H,4-6H2,1-3H3,(H,24,29)/t20-,21+/m1/s1. The molecule has 0 fully saturated rings. The van der Waals surface area contributed by atoms with Crippen LogP contribution in [-0.4, -0.2) is 32.6 Å². The van der Waals surface area contributed by atoms with Gasteiger partial charge in [0.2, 0.25) is 11.1 Å². The lowest BCUT2D eigenvalue weighted by atomic mass is 10.0. The van der Waals surface area contributed by atoms with E-state index in [4.69, 9.17) is 4.74 Å². The molecule has 1 aromatic heterocycles. The van der Waals surface area contributed by atoms with Crippen molar-refractivity contribution in [1.82, 2.24) is 14.9 Å². The molecular formula is C23H27N5O2S. The van der Waals surface area contributed by atoms with E-state index in [1.165, 1.54) is 17.3 Å². The molecule has 0 saturated heterocycles. The zero-order chi connectivity index (χ0) is 21.8. The lowest BCUT2D eigenvalue weighted by Gasteiger charge is -2.33. The van der Waals surface area contributed by atoms with Crippen LogP contribution in [0.25, 0.3) is 0 Å². The van der Waals surface area contributed by atoms with Crippen LogP contribution in [0.2, 0.25) is 0 Å². The third-order valence-electron chi connectivity index (χ3n) is 5.26. The Labute approximate surface area is 186 Å². The van der Waals surface area contributed by atoms with Gasteiger partial charge >= 0.3 is 0 Å². The second-order valence-electron chi connectivity index (χ2n) is 7.27. The number of anilines is 1. The minimum absolute atomic E-state index is 0.0847. The van der Waals surface area contributed by atoms with Gasteiger partial charge in [0, 0.05) is 12.1 Å². The van der Waals surface area contributed by atoms with Crippen LogP contribution >= 0.6 is 11.8 Å². The normalized spacial score (nSPS) is 17.5. The van der Waals surface area contributed by atoms with E-state index in [0.717, 1.165) is 35.7 Å². The van der Waals surface area contributed by atoms with Gasteiger partial charge in [-0.3, -0.25) is 4.79 Å². The molecule has 3 aromatic rings. The van der Waals surface area contributed by atoms with Gasteiger partial charge in [-0.2, -0.15) is 0 Å². The molecule has 0 radical (unpaired) electrons. The molecule has 0 saturated carbocycles. The highest BCUT2D eigenvalue weighted by Gasteiger charge is 2.37. The van der Waals surface area contributed by atoms with Gasteiger partial charge in [0.05, 0.1) is 12.6 Å². The summed E-state index contributed by atoms with van der Waals surface area (Å²) in [5.41, 5.74) is 6.53. The van der Waals surface area contributed by atoms with Crippen LogP contribution < -0.4 is 15.5 Å². The summed E-state index contributed by atoms with van der Waals surface area (Å²) in [4.78, 5) is 13.3. The highest BCUT2D eigenvalue weighted by molar-refractivity contribution is 8.00. The Hall–Kier alpha value is -3.00. The van der Waals surface area contributed by atoms with Crippen molar-refractivity contribution in [1.29, 1.82) is 0 Å². The lowest BCUT2D eigenvalue weighted by Crippen LogP contribution is -2.41. The molecule has 1 aliphatic heterocycles. The fourth-order valence-corrected chi connectivity index (χ4v) is 4.65. The Balaban J connectivity index is 1.60. The number of amides is 1. The van der Waals surface area contributed by atoms with E-state index in [1.54, 1.807) is 0 Å². The van der Waals surface area contributed by atoms with Gasteiger partial charge in [-0.15, -0.1) is 10.2 Å². The maximum atomic E-state index is 13.3. The number of nitrogens with zero attached hydrogens (tertiary/aromatic N) is 3. The Morgan fingerprint density at radius 1 is 1.06 bits per heavy atom. The van der Waals surface area contributed by atoms with E-state index in [-0.39, 0.29) is 11.9 Å². The summed E-state index contributed by atoms with van der Waals surface area (Å²) in [5.74, 6) is 1.55. The highest BCUT2D eigenvalue weighted by Crippen LogP contribution is 2.37. The number of ether oxygens (including phenoxy) is 1. The van der Waals surface area contributed by atoms with Crippen LogP contribution in [0.1, 0.15) is 43.8 Å². The van der Waals surface area contributed by atoms with Crippen LogP contribution in [0, 0.1) is 0 Å². The van der Waals surface area contributed by atoms with Gasteiger partial charge in [0.1, 0.15) is 11.0 Å². The molecule has 4 rings (SSSR count). The zero-order valence-electron chi connectivity index (χ0n) is 18.0. The average Bonchev–Trinajstić information content (AvgIpc) is 3.22. The van der Waals surface area contributed by atoms with Crippen LogP contribution in [0.5, 0.6) is 5.75 Å². The number of benzene rings is 2. The van der Waals surface area contributed by atoms with E-state index in [1.807, 2.05) is 42.8 Å². The van der Waals surface area contributed by atoms with Gasteiger partial charge in [-0.05, 0) is 48.7 Å². The Kier molecular flexibility index (Phi) is 6.46. The fourth-order valence-electron chi connectivity index (χ4n) is 3.55. The maximum absolute atomic E-state index is 13.3. The third-order valence-corrected chi connectivity index (χ3v) is 6.47. The van der Waals surface area contributed by atoms with Gasteiger partial charge in [0.25, 0.3) is 0 Å². The van der Waals surface area contributed by atoms with Gasteiger partial charge in [-0.25, -0.2) is 4.68 Å². The summed E-state index contributed by atoms with van der Waals surface area (Å²) >= 11 is 1.43. The maximum Gasteiger partial charge on any atom is 0.240 e. The number of hydrogen-bond donors (Lipinski definition) is 2. The number of aromatic nitrogens is 3.